The Morgan fingerprint density at radius 2 is 1.65 bits per heavy atom. The van der Waals surface area contributed by atoms with Gasteiger partial charge in [-0.15, -0.1) is 0 Å². The van der Waals surface area contributed by atoms with Gasteiger partial charge in [-0.25, -0.2) is 9.59 Å². The summed E-state index contributed by atoms with van der Waals surface area (Å²) in [5.41, 5.74) is 0.831. The highest BCUT2D eigenvalue weighted by atomic mass is 16.5. The second-order valence-electron chi connectivity index (χ2n) is 6.64. The van der Waals surface area contributed by atoms with E-state index in [-0.39, 0.29) is 18.4 Å². The molecule has 7 nitrogen and oxygen atoms in total. The van der Waals surface area contributed by atoms with Gasteiger partial charge in [0.25, 0.3) is 0 Å². The summed E-state index contributed by atoms with van der Waals surface area (Å²) in [4.78, 5) is 35.9. The molecule has 0 saturated heterocycles. The largest absolute Gasteiger partial charge is 0.480 e. The van der Waals surface area contributed by atoms with E-state index >= 15 is 0 Å². The molecule has 0 fully saturated rings. The molecule has 0 bridgehead atoms. The lowest BCUT2D eigenvalue weighted by Crippen LogP contribution is -2.55. The lowest BCUT2D eigenvalue weighted by molar-refractivity contribution is -0.143. The van der Waals surface area contributed by atoms with Crippen molar-refractivity contribution in [3.63, 3.8) is 0 Å². The summed E-state index contributed by atoms with van der Waals surface area (Å²) in [5.74, 6) is -2.10. The van der Waals surface area contributed by atoms with Gasteiger partial charge in [0.15, 0.2) is 0 Å². The van der Waals surface area contributed by atoms with Crippen LogP contribution in [0.2, 0.25) is 0 Å². The number of amides is 2. The van der Waals surface area contributed by atoms with Crippen molar-refractivity contribution < 1.29 is 24.2 Å². The molecule has 0 radical (unpaired) electrons. The molecule has 0 aromatic heterocycles. The number of benzene rings is 1. The van der Waals surface area contributed by atoms with E-state index in [0.717, 1.165) is 5.56 Å². The number of hydrogen-bond acceptors (Lipinski definition) is 4. The van der Waals surface area contributed by atoms with Gasteiger partial charge < -0.3 is 20.5 Å². The molecule has 0 aliphatic rings. The van der Waals surface area contributed by atoms with Crippen molar-refractivity contribution >= 4 is 18.0 Å². The molecule has 7 heteroatoms. The summed E-state index contributed by atoms with van der Waals surface area (Å²) in [6, 6.07) is 7.30. The summed E-state index contributed by atoms with van der Waals surface area (Å²) in [5, 5.41) is 14.3. The Bertz CT molecular complexity index is 603. The van der Waals surface area contributed by atoms with Gasteiger partial charge in [-0.05, 0) is 17.4 Å². The van der Waals surface area contributed by atoms with Gasteiger partial charge >= 0.3 is 12.1 Å². The van der Waals surface area contributed by atoms with Crippen LogP contribution in [0.4, 0.5) is 4.79 Å². The minimum Gasteiger partial charge on any atom is -0.480 e. The van der Waals surface area contributed by atoms with Crippen LogP contribution in [0.25, 0.3) is 0 Å². The van der Waals surface area contributed by atoms with Crippen molar-refractivity contribution in [1.29, 1.82) is 0 Å². The maximum atomic E-state index is 12.5. The molecule has 0 saturated carbocycles. The monoisotopic (exact) mass is 364 g/mol. The number of carboxylic acids is 1. The number of alkyl carbamates (subject to hydrolysis) is 1. The third kappa shape index (κ3) is 6.74. The first-order valence-corrected chi connectivity index (χ1v) is 8.76. The lowest BCUT2D eigenvalue weighted by atomic mass is 9.97. The molecular formula is C19H28N2O5. The van der Waals surface area contributed by atoms with Crippen LogP contribution in [0.15, 0.2) is 30.3 Å². The highest BCUT2D eigenvalue weighted by molar-refractivity contribution is 5.89. The number of ether oxygens (including phenoxy) is 1. The molecule has 0 unspecified atom stereocenters. The highest BCUT2D eigenvalue weighted by Gasteiger charge is 2.31. The Kier molecular flexibility index (Phi) is 8.61. The molecule has 1 aromatic carbocycles. The van der Waals surface area contributed by atoms with Crippen molar-refractivity contribution in [3.8, 4) is 0 Å². The zero-order chi connectivity index (χ0) is 19.7. The van der Waals surface area contributed by atoms with E-state index in [9.17, 15) is 19.5 Å². The van der Waals surface area contributed by atoms with E-state index in [2.05, 4.69) is 10.6 Å². The summed E-state index contributed by atoms with van der Waals surface area (Å²) in [6.07, 6.45) is -0.0815. The van der Waals surface area contributed by atoms with Crippen LogP contribution in [0, 0.1) is 11.8 Å². The van der Waals surface area contributed by atoms with E-state index in [1.54, 1.807) is 13.8 Å². The van der Waals surface area contributed by atoms with Crippen LogP contribution in [-0.4, -0.2) is 35.2 Å². The quantitative estimate of drug-likeness (QED) is 0.625. The second kappa shape index (κ2) is 10.4. The van der Waals surface area contributed by atoms with Crippen LogP contribution < -0.4 is 10.6 Å². The summed E-state index contributed by atoms with van der Waals surface area (Å²) < 4.78 is 5.16. The molecule has 1 aromatic rings. The number of carbonyl (C=O) groups excluding carboxylic acids is 2. The van der Waals surface area contributed by atoms with E-state index in [1.165, 1.54) is 0 Å². The van der Waals surface area contributed by atoms with Crippen LogP contribution >= 0.6 is 0 Å². The average molecular weight is 364 g/mol. The average Bonchev–Trinajstić information content (AvgIpc) is 2.61. The third-order valence-electron chi connectivity index (χ3n) is 4.21. The van der Waals surface area contributed by atoms with Gasteiger partial charge in [-0.3, -0.25) is 4.79 Å². The Balaban J connectivity index is 2.71. The molecule has 0 aliphatic carbocycles. The third-order valence-corrected chi connectivity index (χ3v) is 4.21. The lowest BCUT2D eigenvalue weighted by Gasteiger charge is -2.26. The molecular weight excluding hydrogens is 336 g/mol. The van der Waals surface area contributed by atoms with Crippen LogP contribution in [0.3, 0.4) is 0 Å². The summed E-state index contributed by atoms with van der Waals surface area (Å²) >= 11 is 0. The van der Waals surface area contributed by atoms with E-state index in [4.69, 9.17) is 4.74 Å². The Morgan fingerprint density at radius 1 is 1.04 bits per heavy atom. The smallest absolute Gasteiger partial charge is 0.408 e. The topological polar surface area (TPSA) is 105 Å². The Hall–Kier alpha value is -2.57. The van der Waals surface area contributed by atoms with Crippen molar-refractivity contribution in [2.24, 2.45) is 11.8 Å². The molecule has 26 heavy (non-hydrogen) atoms. The van der Waals surface area contributed by atoms with Crippen molar-refractivity contribution in [2.75, 3.05) is 0 Å². The predicted octanol–water partition coefficient (Wildman–Crippen LogP) is 2.55. The van der Waals surface area contributed by atoms with E-state index < -0.39 is 30.1 Å². The second-order valence-corrected chi connectivity index (χ2v) is 6.64. The Labute approximate surface area is 154 Å². The molecule has 1 rings (SSSR count). The van der Waals surface area contributed by atoms with Crippen LogP contribution in [0.1, 0.15) is 39.7 Å². The molecule has 144 valence electrons. The minimum absolute atomic E-state index is 0.0886. The van der Waals surface area contributed by atoms with Gasteiger partial charge in [0.05, 0.1) is 0 Å². The Morgan fingerprint density at radius 3 is 2.15 bits per heavy atom. The molecule has 2 amide bonds. The molecule has 0 aliphatic heterocycles. The normalized spacial score (nSPS) is 14.2. The van der Waals surface area contributed by atoms with Crippen LogP contribution in [0.5, 0.6) is 0 Å². The van der Waals surface area contributed by atoms with Gasteiger partial charge in [0, 0.05) is 0 Å². The van der Waals surface area contributed by atoms with Gasteiger partial charge in [0.1, 0.15) is 18.7 Å². The predicted molar refractivity (Wildman–Crippen MR) is 97.4 cm³/mol. The fourth-order valence-corrected chi connectivity index (χ4v) is 2.35. The fraction of sp³-hybridized carbons (Fsp3) is 0.526. The van der Waals surface area contributed by atoms with E-state index in [1.807, 2.05) is 44.2 Å². The van der Waals surface area contributed by atoms with Crippen LogP contribution in [-0.2, 0) is 20.9 Å². The first-order valence-electron chi connectivity index (χ1n) is 8.76. The van der Waals surface area contributed by atoms with Crippen molar-refractivity contribution in [2.45, 2.75) is 52.8 Å². The summed E-state index contributed by atoms with van der Waals surface area (Å²) in [7, 11) is 0. The minimum atomic E-state index is -1.11. The molecule has 0 heterocycles. The molecule has 3 atom stereocenters. The maximum absolute atomic E-state index is 12.5. The zero-order valence-electron chi connectivity index (χ0n) is 15.7. The number of nitrogens with one attached hydrogen (secondary N) is 2. The summed E-state index contributed by atoms with van der Waals surface area (Å²) in [6.45, 7) is 7.20. The van der Waals surface area contributed by atoms with E-state index in [0.29, 0.717) is 6.42 Å². The number of carboxylic acid groups (broad SMARTS) is 1. The van der Waals surface area contributed by atoms with Gasteiger partial charge in [0.2, 0.25) is 5.91 Å². The fourth-order valence-electron chi connectivity index (χ4n) is 2.35. The molecule has 0 spiro atoms. The van der Waals surface area contributed by atoms with Gasteiger partial charge in [-0.1, -0.05) is 64.4 Å². The number of rotatable bonds is 9. The van der Waals surface area contributed by atoms with Gasteiger partial charge in [-0.2, -0.15) is 0 Å². The number of hydrogen-bond donors (Lipinski definition) is 3. The first-order chi connectivity index (χ1) is 12.3. The van der Waals surface area contributed by atoms with Crippen molar-refractivity contribution in [3.05, 3.63) is 35.9 Å². The maximum Gasteiger partial charge on any atom is 0.408 e. The van der Waals surface area contributed by atoms with Crippen molar-refractivity contribution in [1.82, 2.24) is 10.6 Å². The zero-order valence-corrected chi connectivity index (χ0v) is 15.7. The highest BCUT2D eigenvalue weighted by Crippen LogP contribution is 2.11. The standard InChI is InChI=1S/C19H28N2O5/c1-5-13(4)16(17(22)20-15(12(2)3)18(23)24)21-19(25)26-11-14-9-7-6-8-10-14/h6-10,12-13,15-16H,5,11H2,1-4H3,(H,20,22)(H,21,25)(H,23,24)/t13-,15+,16+/m1/s1. The first kappa shape index (κ1) is 21.5. The number of aliphatic carboxylic acids is 1. The number of carbonyl (C=O) groups is 3. The molecule has 3 N–H and O–H groups in total. The SMILES string of the molecule is CC[C@@H](C)[C@H](NC(=O)OCc1ccccc1)C(=O)N[C@H](C(=O)O)C(C)C.